The molecule has 5 heteroatoms. The molecule has 0 bridgehead atoms. The Morgan fingerprint density at radius 1 is 1.29 bits per heavy atom. The van der Waals surface area contributed by atoms with Gasteiger partial charge >= 0.3 is 0 Å². The van der Waals surface area contributed by atoms with Crippen LogP contribution in [0.1, 0.15) is 16.5 Å². The van der Waals surface area contributed by atoms with Crippen molar-refractivity contribution in [2.45, 2.75) is 12.5 Å². The Balaban J connectivity index is 2.21. The number of thiophene rings is 1. The molecule has 1 unspecified atom stereocenters. The SMILES string of the molecule is NC(Cc1ccccc1[N+](=O)[O-])c1cccs1. The first-order valence-electron chi connectivity index (χ1n) is 5.20. The largest absolute Gasteiger partial charge is 0.323 e. The summed E-state index contributed by atoms with van der Waals surface area (Å²) in [6.45, 7) is 0. The minimum Gasteiger partial charge on any atom is -0.323 e. The highest BCUT2D eigenvalue weighted by atomic mass is 32.1. The molecule has 0 fully saturated rings. The fourth-order valence-electron chi connectivity index (χ4n) is 1.70. The van der Waals surface area contributed by atoms with Crippen molar-refractivity contribution in [3.63, 3.8) is 0 Å². The van der Waals surface area contributed by atoms with E-state index in [0.717, 1.165) is 4.88 Å². The normalized spacial score (nSPS) is 12.3. The Hall–Kier alpha value is -1.72. The van der Waals surface area contributed by atoms with Crippen molar-refractivity contribution in [3.05, 3.63) is 62.3 Å². The lowest BCUT2D eigenvalue weighted by Crippen LogP contribution is -2.12. The van der Waals surface area contributed by atoms with Crippen LogP contribution in [0.4, 0.5) is 5.69 Å². The van der Waals surface area contributed by atoms with E-state index in [9.17, 15) is 10.1 Å². The Kier molecular flexibility index (Phi) is 3.51. The maximum Gasteiger partial charge on any atom is 0.272 e. The minimum absolute atomic E-state index is 0.138. The van der Waals surface area contributed by atoms with Crippen LogP contribution in [-0.2, 0) is 6.42 Å². The minimum atomic E-state index is -0.365. The average molecular weight is 248 g/mol. The molecule has 0 radical (unpaired) electrons. The lowest BCUT2D eigenvalue weighted by Gasteiger charge is -2.09. The van der Waals surface area contributed by atoms with Crippen molar-refractivity contribution in [1.82, 2.24) is 0 Å². The van der Waals surface area contributed by atoms with Crippen LogP contribution in [0.25, 0.3) is 0 Å². The predicted octanol–water partition coefficient (Wildman–Crippen LogP) is 2.90. The van der Waals surface area contributed by atoms with Crippen molar-refractivity contribution in [1.29, 1.82) is 0 Å². The number of para-hydroxylation sites is 1. The van der Waals surface area contributed by atoms with Gasteiger partial charge in [0.05, 0.1) is 4.92 Å². The van der Waals surface area contributed by atoms with Crippen LogP contribution in [0, 0.1) is 10.1 Å². The Bertz CT molecular complexity index is 511. The zero-order chi connectivity index (χ0) is 12.3. The molecule has 1 heterocycles. The van der Waals surface area contributed by atoms with Crippen molar-refractivity contribution in [3.8, 4) is 0 Å². The van der Waals surface area contributed by atoms with Gasteiger partial charge in [-0.15, -0.1) is 11.3 Å². The molecule has 0 amide bonds. The van der Waals surface area contributed by atoms with E-state index in [1.807, 2.05) is 17.5 Å². The fraction of sp³-hybridized carbons (Fsp3) is 0.167. The Morgan fingerprint density at radius 2 is 2.06 bits per heavy atom. The highest BCUT2D eigenvalue weighted by Gasteiger charge is 2.16. The summed E-state index contributed by atoms with van der Waals surface area (Å²) in [6, 6.07) is 10.4. The van der Waals surface area contributed by atoms with E-state index >= 15 is 0 Å². The fourth-order valence-corrected chi connectivity index (χ4v) is 2.43. The first-order valence-corrected chi connectivity index (χ1v) is 6.07. The second kappa shape index (κ2) is 5.07. The number of benzene rings is 1. The molecule has 17 heavy (non-hydrogen) atoms. The Morgan fingerprint density at radius 3 is 2.71 bits per heavy atom. The van der Waals surface area contributed by atoms with Gasteiger partial charge < -0.3 is 5.73 Å². The molecule has 1 aromatic heterocycles. The number of nitro groups is 1. The third-order valence-corrected chi connectivity index (χ3v) is 3.54. The number of hydrogen-bond acceptors (Lipinski definition) is 4. The van der Waals surface area contributed by atoms with E-state index in [0.29, 0.717) is 12.0 Å². The van der Waals surface area contributed by atoms with E-state index in [1.54, 1.807) is 29.5 Å². The first kappa shape index (κ1) is 11.8. The zero-order valence-electron chi connectivity index (χ0n) is 9.08. The maximum absolute atomic E-state index is 10.9. The van der Waals surface area contributed by atoms with Crippen molar-refractivity contribution in [2.24, 2.45) is 5.73 Å². The second-order valence-corrected chi connectivity index (χ2v) is 4.69. The summed E-state index contributed by atoms with van der Waals surface area (Å²) in [6.07, 6.45) is 0.484. The van der Waals surface area contributed by atoms with Crippen molar-refractivity contribution in [2.75, 3.05) is 0 Å². The zero-order valence-corrected chi connectivity index (χ0v) is 9.89. The standard InChI is InChI=1S/C12H12N2O2S/c13-10(12-6-3-7-17-12)8-9-4-1-2-5-11(9)14(15)16/h1-7,10H,8,13H2. The summed E-state index contributed by atoms with van der Waals surface area (Å²) in [5.74, 6) is 0. The smallest absolute Gasteiger partial charge is 0.272 e. The molecule has 1 aromatic carbocycles. The highest BCUT2D eigenvalue weighted by Crippen LogP contribution is 2.25. The second-order valence-electron chi connectivity index (χ2n) is 3.71. The molecule has 0 aliphatic rings. The number of nitro benzene ring substituents is 1. The topological polar surface area (TPSA) is 69.2 Å². The summed E-state index contributed by atoms with van der Waals surface area (Å²) >= 11 is 1.57. The molecule has 1 atom stereocenters. The lowest BCUT2D eigenvalue weighted by atomic mass is 10.0. The van der Waals surface area contributed by atoms with E-state index in [1.165, 1.54) is 6.07 Å². The molecule has 2 rings (SSSR count). The van der Waals surface area contributed by atoms with Crippen LogP contribution in [0.2, 0.25) is 0 Å². The van der Waals surface area contributed by atoms with Gasteiger partial charge in [0.25, 0.3) is 5.69 Å². The van der Waals surface area contributed by atoms with E-state index in [2.05, 4.69) is 0 Å². The number of nitrogens with zero attached hydrogens (tertiary/aromatic N) is 1. The molecular weight excluding hydrogens is 236 g/mol. The number of rotatable bonds is 4. The molecular formula is C12H12N2O2S. The third kappa shape index (κ3) is 2.69. The summed E-state index contributed by atoms with van der Waals surface area (Å²) < 4.78 is 0. The van der Waals surface area contributed by atoms with Crippen LogP contribution in [0.3, 0.4) is 0 Å². The van der Waals surface area contributed by atoms with Crippen LogP contribution < -0.4 is 5.73 Å². The summed E-state index contributed by atoms with van der Waals surface area (Å²) in [5.41, 5.74) is 6.85. The van der Waals surface area contributed by atoms with Gasteiger partial charge in [0.1, 0.15) is 0 Å². The molecule has 0 saturated heterocycles. The van der Waals surface area contributed by atoms with Gasteiger partial charge in [0.15, 0.2) is 0 Å². The number of nitrogens with two attached hydrogens (primary N) is 1. The molecule has 2 N–H and O–H groups in total. The predicted molar refractivity (Wildman–Crippen MR) is 68.0 cm³/mol. The first-order chi connectivity index (χ1) is 8.18. The molecule has 88 valence electrons. The van der Waals surface area contributed by atoms with Crippen LogP contribution in [0.5, 0.6) is 0 Å². The summed E-state index contributed by atoms with van der Waals surface area (Å²) in [7, 11) is 0. The van der Waals surface area contributed by atoms with Crippen LogP contribution >= 0.6 is 11.3 Å². The van der Waals surface area contributed by atoms with E-state index in [4.69, 9.17) is 5.73 Å². The van der Waals surface area contributed by atoms with Gasteiger partial charge in [-0.25, -0.2) is 0 Å². The summed E-state index contributed by atoms with van der Waals surface area (Å²) in [5, 5.41) is 12.8. The highest BCUT2D eigenvalue weighted by molar-refractivity contribution is 7.10. The molecule has 4 nitrogen and oxygen atoms in total. The van der Waals surface area contributed by atoms with Crippen LogP contribution in [0.15, 0.2) is 41.8 Å². The van der Waals surface area contributed by atoms with Gasteiger partial charge in [0.2, 0.25) is 0 Å². The Labute approximate surface area is 103 Å². The quantitative estimate of drug-likeness (QED) is 0.668. The van der Waals surface area contributed by atoms with Crippen molar-refractivity contribution < 1.29 is 4.92 Å². The number of hydrogen-bond donors (Lipinski definition) is 1. The average Bonchev–Trinajstić information content (AvgIpc) is 2.83. The van der Waals surface area contributed by atoms with Gasteiger partial charge in [-0.1, -0.05) is 24.3 Å². The van der Waals surface area contributed by atoms with Gasteiger partial charge in [0, 0.05) is 22.5 Å². The lowest BCUT2D eigenvalue weighted by molar-refractivity contribution is -0.385. The van der Waals surface area contributed by atoms with Gasteiger partial charge in [-0.3, -0.25) is 10.1 Å². The van der Waals surface area contributed by atoms with Gasteiger partial charge in [-0.05, 0) is 17.9 Å². The van der Waals surface area contributed by atoms with Gasteiger partial charge in [-0.2, -0.15) is 0 Å². The molecule has 2 aromatic rings. The summed E-state index contributed by atoms with van der Waals surface area (Å²) in [4.78, 5) is 11.5. The molecule has 0 spiro atoms. The maximum atomic E-state index is 10.9. The molecule has 0 aliphatic carbocycles. The third-order valence-electron chi connectivity index (χ3n) is 2.54. The molecule has 0 saturated carbocycles. The van der Waals surface area contributed by atoms with E-state index in [-0.39, 0.29) is 16.7 Å². The van der Waals surface area contributed by atoms with Crippen LogP contribution in [-0.4, -0.2) is 4.92 Å². The molecule has 0 aliphatic heterocycles. The van der Waals surface area contributed by atoms with Crippen molar-refractivity contribution >= 4 is 17.0 Å². The van der Waals surface area contributed by atoms with E-state index < -0.39 is 0 Å². The monoisotopic (exact) mass is 248 g/mol.